The smallest absolute Gasteiger partial charge is 0.244 e. The number of hydrogen-bond acceptors (Lipinski definition) is 4. The van der Waals surface area contributed by atoms with Crippen molar-refractivity contribution in [1.29, 1.82) is 0 Å². The largest absolute Gasteiger partial charge is 0.311 e. The zero-order chi connectivity index (χ0) is 14.7. The molecule has 7 heteroatoms. The van der Waals surface area contributed by atoms with Crippen LogP contribution in [0.15, 0.2) is 4.90 Å². The summed E-state index contributed by atoms with van der Waals surface area (Å²) >= 11 is 0. The Morgan fingerprint density at radius 1 is 1.32 bits per heavy atom. The minimum atomic E-state index is -3.53. The predicted octanol–water partition coefficient (Wildman–Crippen LogP) is 1.15. The van der Waals surface area contributed by atoms with E-state index in [0.717, 1.165) is 6.54 Å². The molecule has 0 aliphatic carbocycles. The molecule has 0 aliphatic rings. The molecular formula is C12H24N4O2S. The summed E-state index contributed by atoms with van der Waals surface area (Å²) < 4.78 is 27.3. The van der Waals surface area contributed by atoms with E-state index in [4.69, 9.17) is 0 Å². The first-order valence-corrected chi connectivity index (χ1v) is 7.90. The van der Waals surface area contributed by atoms with Gasteiger partial charge in [-0.25, -0.2) is 13.1 Å². The van der Waals surface area contributed by atoms with Crippen LogP contribution in [0, 0.1) is 12.3 Å². The summed E-state index contributed by atoms with van der Waals surface area (Å²) in [4.78, 5) is 0.262. The van der Waals surface area contributed by atoms with E-state index in [1.807, 2.05) is 27.7 Å². The summed E-state index contributed by atoms with van der Waals surface area (Å²) in [5.41, 5.74) is 0.988. The molecule has 0 aromatic carbocycles. The van der Waals surface area contributed by atoms with Crippen molar-refractivity contribution in [3.05, 3.63) is 11.4 Å². The number of aromatic nitrogens is 2. The van der Waals surface area contributed by atoms with Crippen molar-refractivity contribution in [3.63, 3.8) is 0 Å². The second kappa shape index (κ2) is 6.02. The van der Waals surface area contributed by atoms with Crippen LogP contribution in [0.3, 0.4) is 0 Å². The zero-order valence-corrected chi connectivity index (χ0v) is 13.1. The van der Waals surface area contributed by atoms with Crippen LogP contribution in [0.5, 0.6) is 0 Å². The fourth-order valence-corrected chi connectivity index (χ4v) is 3.22. The highest BCUT2D eigenvalue weighted by atomic mass is 32.2. The molecule has 1 rings (SSSR count). The Labute approximate surface area is 115 Å². The van der Waals surface area contributed by atoms with Gasteiger partial charge in [-0.1, -0.05) is 27.7 Å². The van der Waals surface area contributed by atoms with Gasteiger partial charge in [0.05, 0.1) is 11.4 Å². The maximum absolute atomic E-state index is 12.3. The average Bonchev–Trinajstić information content (AvgIpc) is 2.65. The summed E-state index contributed by atoms with van der Waals surface area (Å²) in [5, 5.41) is 9.89. The van der Waals surface area contributed by atoms with Crippen LogP contribution < -0.4 is 10.0 Å². The van der Waals surface area contributed by atoms with Crippen molar-refractivity contribution in [1.82, 2.24) is 20.2 Å². The topological polar surface area (TPSA) is 86.9 Å². The number of hydrogen-bond donors (Lipinski definition) is 3. The molecule has 0 atom stereocenters. The first kappa shape index (κ1) is 16.1. The molecule has 6 nitrogen and oxygen atoms in total. The summed E-state index contributed by atoms with van der Waals surface area (Å²) in [7, 11) is -3.53. The highest BCUT2D eigenvalue weighted by molar-refractivity contribution is 7.89. The predicted molar refractivity (Wildman–Crippen MR) is 75.3 cm³/mol. The molecule has 1 aromatic heterocycles. The monoisotopic (exact) mass is 288 g/mol. The maximum Gasteiger partial charge on any atom is 0.244 e. The van der Waals surface area contributed by atoms with E-state index in [2.05, 4.69) is 20.2 Å². The normalized spacial score (nSPS) is 12.9. The number of H-pyrrole nitrogens is 1. The number of aryl methyl sites for hydroxylation is 1. The van der Waals surface area contributed by atoms with Gasteiger partial charge in [-0.15, -0.1) is 0 Å². The van der Waals surface area contributed by atoms with Crippen molar-refractivity contribution in [3.8, 4) is 0 Å². The molecule has 0 amide bonds. The minimum Gasteiger partial charge on any atom is -0.311 e. The lowest BCUT2D eigenvalue weighted by atomic mass is 9.98. The molecule has 110 valence electrons. The standard InChI is InChI=1S/C12H24N4O2S/c1-6-13-7-10-11(9(2)15-16-10)19(17,18)14-8-12(3,4)5/h13-14H,6-8H2,1-5H3,(H,15,16). The molecular weight excluding hydrogens is 264 g/mol. The lowest BCUT2D eigenvalue weighted by Gasteiger charge is -2.19. The third-order valence-electron chi connectivity index (χ3n) is 2.56. The fraction of sp³-hybridized carbons (Fsp3) is 0.750. The molecule has 1 aromatic rings. The minimum absolute atomic E-state index is 0.105. The van der Waals surface area contributed by atoms with Crippen LogP contribution in [0.25, 0.3) is 0 Å². The van der Waals surface area contributed by atoms with E-state index in [9.17, 15) is 8.42 Å². The van der Waals surface area contributed by atoms with Crippen molar-refractivity contribution in [2.45, 2.75) is 46.1 Å². The van der Waals surface area contributed by atoms with Gasteiger partial charge in [0, 0.05) is 13.1 Å². The Bertz CT molecular complexity index is 514. The molecule has 0 saturated carbocycles. The van der Waals surface area contributed by atoms with Crippen LogP contribution in [0.4, 0.5) is 0 Å². The fourth-order valence-electron chi connectivity index (χ4n) is 1.57. The van der Waals surface area contributed by atoms with E-state index < -0.39 is 10.0 Å². The summed E-state index contributed by atoms with van der Waals surface area (Å²) in [6.07, 6.45) is 0. The van der Waals surface area contributed by atoms with E-state index in [1.165, 1.54) is 0 Å². The van der Waals surface area contributed by atoms with Crippen molar-refractivity contribution < 1.29 is 8.42 Å². The number of sulfonamides is 1. The number of nitrogens with zero attached hydrogens (tertiary/aromatic N) is 1. The SMILES string of the molecule is CCNCc1n[nH]c(C)c1S(=O)(=O)NCC(C)(C)C. The molecule has 1 heterocycles. The van der Waals surface area contributed by atoms with Gasteiger partial charge >= 0.3 is 0 Å². The molecule has 0 radical (unpaired) electrons. The lowest BCUT2D eigenvalue weighted by Crippen LogP contribution is -2.33. The lowest BCUT2D eigenvalue weighted by molar-refractivity contribution is 0.407. The molecule has 0 saturated heterocycles. The van der Waals surface area contributed by atoms with Crippen LogP contribution >= 0.6 is 0 Å². The van der Waals surface area contributed by atoms with Gasteiger partial charge in [-0.2, -0.15) is 5.10 Å². The van der Waals surface area contributed by atoms with Crippen LogP contribution in [-0.2, 0) is 16.6 Å². The number of rotatable bonds is 6. The molecule has 0 bridgehead atoms. The Hall–Kier alpha value is -0.920. The van der Waals surface area contributed by atoms with Gasteiger partial charge in [0.1, 0.15) is 4.90 Å². The second-order valence-corrected chi connectivity index (χ2v) is 7.49. The molecule has 3 N–H and O–H groups in total. The molecule has 19 heavy (non-hydrogen) atoms. The zero-order valence-electron chi connectivity index (χ0n) is 12.3. The van der Waals surface area contributed by atoms with Gasteiger partial charge in [0.15, 0.2) is 0 Å². The third-order valence-corrected chi connectivity index (χ3v) is 4.17. The first-order valence-electron chi connectivity index (χ1n) is 6.41. The molecule has 0 aliphatic heterocycles. The van der Waals surface area contributed by atoms with E-state index in [0.29, 0.717) is 24.5 Å². The maximum atomic E-state index is 12.3. The van der Waals surface area contributed by atoms with E-state index >= 15 is 0 Å². The average molecular weight is 288 g/mol. The Morgan fingerprint density at radius 2 is 1.95 bits per heavy atom. The van der Waals surface area contributed by atoms with Gasteiger partial charge in [0.25, 0.3) is 0 Å². The molecule has 0 fully saturated rings. The highest BCUT2D eigenvalue weighted by Crippen LogP contribution is 2.19. The molecule has 0 spiro atoms. The van der Waals surface area contributed by atoms with E-state index in [-0.39, 0.29) is 10.3 Å². The summed E-state index contributed by atoms with van der Waals surface area (Å²) in [6, 6.07) is 0. The van der Waals surface area contributed by atoms with Crippen molar-refractivity contribution in [2.75, 3.05) is 13.1 Å². The summed E-state index contributed by atoms with van der Waals surface area (Å²) in [5.74, 6) is 0. The number of nitrogens with one attached hydrogen (secondary N) is 3. The quantitative estimate of drug-likeness (QED) is 0.733. The Morgan fingerprint density at radius 3 is 2.47 bits per heavy atom. The van der Waals surface area contributed by atoms with Crippen molar-refractivity contribution >= 4 is 10.0 Å². The summed E-state index contributed by atoms with van der Waals surface area (Å²) in [6.45, 7) is 11.2. The Balaban J connectivity index is 2.97. The second-order valence-electron chi connectivity index (χ2n) is 5.79. The Kier molecular flexibility index (Phi) is 5.11. The highest BCUT2D eigenvalue weighted by Gasteiger charge is 2.25. The third kappa shape index (κ3) is 4.59. The van der Waals surface area contributed by atoms with Gasteiger partial charge < -0.3 is 5.32 Å². The van der Waals surface area contributed by atoms with Gasteiger partial charge in [-0.05, 0) is 18.9 Å². The van der Waals surface area contributed by atoms with Gasteiger partial charge in [0.2, 0.25) is 10.0 Å². The molecule has 0 unspecified atom stereocenters. The van der Waals surface area contributed by atoms with Crippen LogP contribution in [0.1, 0.15) is 39.1 Å². The van der Waals surface area contributed by atoms with Gasteiger partial charge in [-0.3, -0.25) is 5.10 Å². The van der Waals surface area contributed by atoms with Crippen molar-refractivity contribution in [2.24, 2.45) is 5.41 Å². The van der Waals surface area contributed by atoms with Crippen LogP contribution in [-0.4, -0.2) is 31.7 Å². The number of aromatic amines is 1. The first-order chi connectivity index (χ1) is 8.67. The van der Waals surface area contributed by atoms with Crippen LogP contribution in [0.2, 0.25) is 0 Å². The van der Waals surface area contributed by atoms with E-state index in [1.54, 1.807) is 6.92 Å².